The van der Waals surface area contributed by atoms with E-state index >= 15 is 0 Å². The highest BCUT2D eigenvalue weighted by Gasteiger charge is 2.30. The summed E-state index contributed by atoms with van der Waals surface area (Å²) in [7, 11) is 1.96. The van der Waals surface area contributed by atoms with Crippen LogP contribution in [0.15, 0.2) is 78.9 Å². The van der Waals surface area contributed by atoms with Gasteiger partial charge in [0.05, 0.1) is 16.8 Å². The van der Waals surface area contributed by atoms with Crippen LogP contribution in [0.4, 0.5) is 19.1 Å². The van der Waals surface area contributed by atoms with Gasteiger partial charge in [0.1, 0.15) is 5.75 Å². The lowest BCUT2D eigenvalue weighted by atomic mass is 10.0. The predicted octanol–water partition coefficient (Wildman–Crippen LogP) is 6.79. The molecular formula is C30H29F3N4O. The van der Waals surface area contributed by atoms with E-state index in [0.29, 0.717) is 43.6 Å². The van der Waals surface area contributed by atoms with Gasteiger partial charge in [0, 0.05) is 39.6 Å². The van der Waals surface area contributed by atoms with E-state index in [4.69, 9.17) is 14.7 Å². The van der Waals surface area contributed by atoms with Gasteiger partial charge in [-0.25, -0.2) is 4.98 Å². The van der Waals surface area contributed by atoms with E-state index in [9.17, 15) is 13.2 Å². The fourth-order valence-corrected chi connectivity index (χ4v) is 4.52. The van der Waals surface area contributed by atoms with E-state index in [2.05, 4.69) is 17.0 Å². The quantitative estimate of drug-likeness (QED) is 0.269. The molecule has 196 valence electrons. The highest BCUT2D eigenvalue weighted by Crippen LogP contribution is 2.33. The van der Waals surface area contributed by atoms with E-state index in [-0.39, 0.29) is 0 Å². The van der Waals surface area contributed by atoms with Gasteiger partial charge < -0.3 is 9.64 Å². The zero-order valence-electron chi connectivity index (χ0n) is 21.4. The Bertz CT molecular complexity index is 1370. The Kier molecular flexibility index (Phi) is 7.33. The molecule has 5 rings (SSSR count). The second-order valence-electron chi connectivity index (χ2n) is 9.67. The summed E-state index contributed by atoms with van der Waals surface area (Å²) in [6.07, 6.45) is -3.65. The van der Waals surface area contributed by atoms with Gasteiger partial charge in [-0.2, -0.15) is 18.2 Å². The summed E-state index contributed by atoms with van der Waals surface area (Å²) in [6.45, 7) is 4.48. The summed E-state index contributed by atoms with van der Waals surface area (Å²) in [5.74, 6) is 1.78. The van der Waals surface area contributed by atoms with Crippen molar-refractivity contribution in [2.75, 3.05) is 18.5 Å². The predicted molar refractivity (Wildman–Crippen MR) is 141 cm³/mol. The smallest absolute Gasteiger partial charge is 0.416 e. The molecule has 8 heteroatoms. The number of hydrogen-bond donors (Lipinski definition) is 0. The van der Waals surface area contributed by atoms with Gasteiger partial charge in [0.15, 0.2) is 0 Å². The molecule has 1 aliphatic rings. The molecule has 0 atom stereocenters. The first-order chi connectivity index (χ1) is 18.2. The molecule has 1 aliphatic heterocycles. The Morgan fingerprint density at radius 2 is 1.61 bits per heavy atom. The summed E-state index contributed by atoms with van der Waals surface area (Å²) in [6, 6.07) is 23.3. The first-order valence-electron chi connectivity index (χ1n) is 12.5. The molecule has 0 N–H and O–H groups in total. The lowest BCUT2D eigenvalue weighted by Crippen LogP contribution is -2.32. The SMILES string of the molecule is Cc1ccc(Oc2nc(N(C)Cc3ccccc3)nc3c2CN(Cc2ccc(C(F)(F)F)cc2)CC3)cc1. The summed E-state index contributed by atoms with van der Waals surface area (Å²) in [5.41, 5.74) is 4.30. The van der Waals surface area contributed by atoms with Crippen molar-refractivity contribution in [1.29, 1.82) is 0 Å². The Balaban J connectivity index is 1.40. The number of ether oxygens (including phenoxy) is 1. The second kappa shape index (κ2) is 10.8. The van der Waals surface area contributed by atoms with Crippen molar-refractivity contribution < 1.29 is 17.9 Å². The van der Waals surface area contributed by atoms with Gasteiger partial charge in [0.25, 0.3) is 0 Å². The summed E-state index contributed by atoms with van der Waals surface area (Å²) < 4.78 is 45.2. The first kappa shape index (κ1) is 25.7. The molecule has 0 aliphatic carbocycles. The average Bonchev–Trinajstić information content (AvgIpc) is 2.90. The minimum atomic E-state index is -4.34. The zero-order chi connectivity index (χ0) is 26.7. The van der Waals surface area contributed by atoms with Crippen LogP contribution >= 0.6 is 0 Å². The molecule has 0 saturated heterocycles. The zero-order valence-corrected chi connectivity index (χ0v) is 21.4. The van der Waals surface area contributed by atoms with Crippen LogP contribution in [0, 0.1) is 6.92 Å². The average molecular weight is 519 g/mol. The van der Waals surface area contributed by atoms with Gasteiger partial charge in [-0.15, -0.1) is 0 Å². The number of aromatic nitrogens is 2. The minimum Gasteiger partial charge on any atom is -0.439 e. The van der Waals surface area contributed by atoms with Crippen LogP contribution in [-0.4, -0.2) is 28.5 Å². The molecule has 0 unspecified atom stereocenters. The van der Waals surface area contributed by atoms with Crippen molar-refractivity contribution in [1.82, 2.24) is 14.9 Å². The Morgan fingerprint density at radius 1 is 0.895 bits per heavy atom. The third kappa shape index (κ3) is 6.14. The van der Waals surface area contributed by atoms with Crippen molar-refractivity contribution >= 4 is 5.95 Å². The number of hydrogen-bond acceptors (Lipinski definition) is 5. The van der Waals surface area contributed by atoms with E-state index in [1.54, 1.807) is 12.1 Å². The number of anilines is 1. The molecule has 5 nitrogen and oxygen atoms in total. The molecular weight excluding hydrogens is 489 g/mol. The monoisotopic (exact) mass is 518 g/mol. The van der Waals surface area contributed by atoms with E-state index in [1.807, 2.05) is 61.3 Å². The van der Waals surface area contributed by atoms with Crippen LogP contribution in [0.2, 0.25) is 0 Å². The second-order valence-corrected chi connectivity index (χ2v) is 9.67. The minimum absolute atomic E-state index is 0.505. The molecule has 0 saturated carbocycles. The largest absolute Gasteiger partial charge is 0.439 e. The van der Waals surface area contributed by atoms with Crippen LogP contribution in [-0.2, 0) is 32.2 Å². The van der Waals surface area contributed by atoms with Crippen molar-refractivity contribution in [3.8, 4) is 11.6 Å². The molecule has 0 radical (unpaired) electrons. The normalized spacial score (nSPS) is 13.7. The standard InChI is InChI=1S/C30H29F3N4O/c1-21-8-14-25(15-9-21)38-28-26-20-37(19-23-10-12-24(13-11-23)30(31,32)33)17-16-27(26)34-29(35-28)36(2)18-22-6-4-3-5-7-22/h3-15H,16-20H2,1-2H3. The summed E-state index contributed by atoms with van der Waals surface area (Å²) in [5, 5.41) is 0. The molecule has 0 fully saturated rings. The van der Waals surface area contributed by atoms with E-state index in [0.717, 1.165) is 46.6 Å². The van der Waals surface area contributed by atoms with Gasteiger partial charge in [-0.05, 0) is 42.3 Å². The third-order valence-electron chi connectivity index (χ3n) is 6.62. The van der Waals surface area contributed by atoms with Gasteiger partial charge in [-0.3, -0.25) is 4.90 Å². The van der Waals surface area contributed by atoms with Gasteiger partial charge >= 0.3 is 6.18 Å². The fourth-order valence-electron chi connectivity index (χ4n) is 4.52. The van der Waals surface area contributed by atoms with Crippen LogP contribution in [0.5, 0.6) is 11.6 Å². The van der Waals surface area contributed by atoms with E-state index < -0.39 is 11.7 Å². The molecule has 0 bridgehead atoms. The van der Waals surface area contributed by atoms with Crippen LogP contribution in [0.25, 0.3) is 0 Å². The number of nitrogens with zero attached hydrogens (tertiary/aromatic N) is 4. The number of halogens is 3. The van der Waals surface area contributed by atoms with Crippen LogP contribution in [0.1, 0.15) is 33.5 Å². The van der Waals surface area contributed by atoms with Crippen molar-refractivity contribution in [2.24, 2.45) is 0 Å². The summed E-state index contributed by atoms with van der Waals surface area (Å²) >= 11 is 0. The van der Waals surface area contributed by atoms with E-state index in [1.165, 1.54) is 0 Å². The maximum absolute atomic E-state index is 13.0. The van der Waals surface area contributed by atoms with Crippen LogP contribution < -0.4 is 9.64 Å². The van der Waals surface area contributed by atoms with Gasteiger partial charge in [-0.1, -0.05) is 60.2 Å². The highest BCUT2D eigenvalue weighted by atomic mass is 19.4. The number of fused-ring (bicyclic) bond motifs is 1. The number of rotatable bonds is 7. The topological polar surface area (TPSA) is 41.5 Å². The lowest BCUT2D eigenvalue weighted by Gasteiger charge is -2.30. The summed E-state index contributed by atoms with van der Waals surface area (Å²) in [4.78, 5) is 13.9. The highest BCUT2D eigenvalue weighted by molar-refractivity contribution is 5.44. The molecule has 1 aromatic heterocycles. The molecule has 3 aromatic carbocycles. The molecule has 0 amide bonds. The Hall–Kier alpha value is -3.91. The first-order valence-corrected chi connectivity index (χ1v) is 12.5. The maximum Gasteiger partial charge on any atom is 0.416 e. The Labute approximate surface area is 220 Å². The number of aryl methyl sites for hydroxylation is 1. The van der Waals surface area contributed by atoms with Crippen LogP contribution in [0.3, 0.4) is 0 Å². The molecule has 4 aromatic rings. The van der Waals surface area contributed by atoms with Crippen molar-refractivity contribution in [3.05, 3.63) is 112 Å². The Morgan fingerprint density at radius 3 is 2.29 bits per heavy atom. The molecule has 2 heterocycles. The van der Waals surface area contributed by atoms with Crippen molar-refractivity contribution in [2.45, 2.75) is 39.2 Å². The molecule has 0 spiro atoms. The lowest BCUT2D eigenvalue weighted by molar-refractivity contribution is -0.137. The number of benzene rings is 3. The maximum atomic E-state index is 13.0. The molecule has 38 heavy (non-hydrogen) atoms. The van der Waals surface area contributed by atoms with Crippen molar-refractivity contribution in [3.63, 3.8) is 0 Å². The fraction of sp³-hybridized carbons (Fsp3) is 0.267. The van der Waals surface area contributed by atoms with Gasteiger partial charge in [0.2, 0.25) is 11.8 Å². The number of alkyl halides is 3. The third-order valence-corrected chi connectivity index (χ3v) is 6.62.